The fourth-order valence-corrected chi connectivity index (χ4v) is 3.02. The maximum Gasteiger partial charge on any atom is 0.392 e. The first-order valence-electron chi connectivity index (χ1n) is 6.71. The summed E-state index contributed by atoms with van der Waals surface area (Å²) in [4.78, 5) is 0. The number of hydrogen-bond acceptors (Lipinski definition) is 2. The van der Waals surface area contributed by atoms with E-state index in [0.717, 1.165) is 6.42 Å². The molecule has 0 radical (unpaired) electrons. The molecule has 1 aliphatic carbocycles. The highest BCUT2D eigenvalue weighted by Gasteiger charge is 2.48. The van der Waals surface area contributed by atoms with E-state index in [2.05, 4.69) is 5.10 Å². The van der Waals surface area contributed by atoms with Gasteiger partial charge in [-0.1, -0.05) is 12.8 Å². The molecule has 3 atom stereocenters. The van der Waals surface area contributed by atoms with Crippen molar-refractivity contribution in [2.24, 2.45) is 11.8 Å². The fraction of sp³-hybridized carbons (Fsp3) is 0.769. The molecule has 108 valence electrons. The molecule has 0 bridgehead atoms. The summed E-state index contributed by atoms with van der Waals surface area (Å²) in [7, 11) is 0. The Hall–Kier alpha value is -1.04. The van der Waals surface area contributed by atoms with E-state index in [4.69, 9.17) is 0 Å². The molecule has 1 fully saturated rings. The summed E-state index contributed by atoms with van der Waals surface area (Å²) < 4.78 is 40.7. The van der Waals surface area contributed by atoms with Gasteiger partial charge in [0, 0.05) is 18.7 Å². The van der Waals surface area contributed by atoms with Crippen LogP contribution in [0.5, 0.6) is 0 Å². The summed E-state index contributed by atoms with van der Waals surface area (Å²) in [6, 6.07) is 1.61. The summed E-state index contributed by atoms with van der Waals surface area (Å²) in [5.74, 6) is -2.16. The van der Waals surface area contributed by atoms with Crippen molar-refractivity contribution >= 4 is 0 Å². The molecule has 3 unspecified atom stereocenters. The average molecular weight is 276 g/mol. The molecule has 2 rings (SSSR count). The Balaban J connectivity index is 2.22. The quantitative estimate of drug-likeness (QED) is 0.919. The Labute approximate surface area is 110 Å². The molecule has 0 aromatic carbocycles. The minimum atomic E-state index is -4.23. The molecule has 0 amide bonds. The molecule has 19 heavy (non-hydrogen) atoms. The van der Waals surface area contributed by atoms with E-state index >= 15 is 0 Å². The van der Waals surface area contributed by atoms with Gasteiger partial charge in [-0.3, -0.25) is 4.68 Å². The summed E-state index contributed by atoms with van der Waals surface area (Å²) >= 11 is 0. The van der Waals surface area contributed by atoms with E-state index in [-0.39, 0.29) is 6.42 Å². The van der Waals surface area contributed by atoms with Crippen molar-refractivity contribution in [2.45, 2.75) is 51.4 Å². The second-order valence-electron chi connectivity index (χ2n) is 5.11. The van der Waals surface area contributed by atoms with Crippen molar-refractivity contribution in [1.82, 2.24) is 9.78 Å². The van der Waals surface area contributed by atoms with Crippen molar-refractivity contribution < 1.29 is 18.3 Å². The number of aromatic nitrogens is 2. The minimum absolute atomic E-state index is 0.117. The van der Waals surface area contributed by atoms with E-state index in [0.29, 0.717) is 25.1 Å². The Bertz CT molecular complexity index is 416. The van der Waals surface area contributed by atoms with Crippen LogP contribution in [0.2, 0.25) is 0 Å². The number of halogens is 3. The molecule has 0 spiro atoms. The van der Waals surface area contributed by atoms with Crippen LogP contribution >= 0.6 is 0 Å². The van der Waals surface area contributed by atoms with E-state index in [1.807, 2.05) is 6.92 Å². The van der Waals surface area contributed by atoms with E-state index < -0.39 is 24.1 Å². The third kappa shape index (κ3) is 2.94. The highest BCUT2D eigenvalue weighted by molar-refractivity contribution is 5.07. The van der Waals surface area contributed by atoms with Gasteiger partial charge >= 0.3 is 6.18 Å². The van der Waals surface area contributed by atoms with Crippen LogP contribution in [0, 0.1) is 11.8 Å². The van der Waals surface area contributed by atoms with Crippen LogP contribution in [0.1, 0.15) is 44.4 Å². The number of alkyl halides is 3. The standard InChI is InChI=1S/C13H19F3N2O/c1-2-18-11(7-8-17-18)12(19)9-5-3-4-6-10(9)13(14,15)16/h7-10,12,19H,2-6H2,1H3. The van der Waals surface area contributed by atoms with Crippen molar-refractivity contribution in [1.29, 1.82) is 0 Å². The number of aliphatic hydroxyl groups is 1. The van der Waals surface area contributed by atoms with Crippen LogP contribution in [-0.4, -0.2) is 21.1 Å². The Morgan fingerprint density at radius 2 is 2.11 bits per heavy atom. The highest BCUT2D eigenvalue weighted by Crippen LogP contribution is 2.46. The molecule has 1 aromatic heterocycles. The number of aliphatic hydroxyl groups excluding tert-OH is 1. The first kappa shape index (κ1) is 14.4. The largest absolute Gasteiger partial charge is 0.392 e. The topological polar surface area (TPSA) is 38.0 Å². The molecular weight excluding hydrogens is 257 g/mol. The molecule has 6 heteroatoms. The predicted molar refractivity (Wildman–Crippen MR) is 64.4 cm³/mol. The fourth-order valence-electron chi connectivity index (χ4n) is 3.02. The van der Waals surface area contributed by atoms with Crippen LogP contribution in [0.25, 0.3) is 0 Å². The van der Waals surface area contributed by atoms with Gasteiger partial charge in [0.05, 0.1) is 17.7 Å². The van der Waals surface area contributed by atoms with Crippen molar-refractivity contribution in [3.63, 3.8) is 0 Å². The Kier molecular flexibility index (Phi) is 4.18. The molecule has 0 aliphatic heterocycles. The molecule has 1 saturated carbocycles. The first-order valence-corrected chi connectivity index (χ1v) is 6.71. The van der Waals surface area contributed by atoms with Crippen LogP contribution in [-0.2, 0) is 6.54 Å². The molecule has 1 N–H and O–H groups in total. The average Bonchev–Trinajstić information content (AvgIpc) is 2.85. The van der Waals surface area contributed by atoms with Crippen LogP contribution < -0.4 is 0 Å². The van der Waals surface area contributed by atoms with E-state index in [1.54, 1.807) is 10.7 Å². The lowest BCUT2D eigenvalue weighted by atomic mass is 9.75. The van der Waals surface area contributed by atoms with Crippen LogP contribution in [0.4, 0.5) is 13.2 Å². The van der Waals surface area contributed by atoms with Gasteiger partial charge in [0.2, 0.25) is 0 Å². The molecule has 3 nitrogen and oxygen atoms in total. The third-order valence-electron chi connectivity index (χ3n) is 4.00. The Morgan fingerprint density at radius 1 is 1.42 bits per heavy atom. The summed E-state index contributed by atoms with van der Waals surface area (Å²) in [5, 5.41) is 14.3. The second-order valence-corrected chi connectivity index (χ2v) is 5.11. The van der Waals surface area contributed by atoms with Gasteiger partial charge in [0.15, 0.2) is 0 Å². The predicted octanol–water partition coefficient (Wildman–Crippen LogP) is 3.31. The van der Waals surface area contributed by atoms with Crippen LogP contribution in [0.3, 0.4) is 0 Å². The van der Waals surface area contributed by atoms with Crippen molar-refractivity contribution in [3.05, 3.63) is 18.0 Å². The van der Waals surface area contributed by atoms with E-state index in [9.17, 15) is 18.3 Å². The highest BCUT2D eigenvalue weighted by atomic mass is 19.4. The van der Waals surface area contributed by atoms with Crippen LogP contribution in [0.15, 0.2) is 12.3 Å². The SMILES string of the molecule is CCn1nccc1C(O)C1CCCCC1C(F)(F)F. The molecule has 1 aliphatic rings. The van der Waals surface area contributed by atoms with Gasteiger partial charge in [-0.15, -0.1) is 0 Å². The smallest absolute Gasteiger partial charge is 0.387 e. The first-order chi connectivity index (χ1) is 8.95. The number of hydrogen-bond donors (Lipinski definition) is 1. The number of aryl methyl sites for hydroxylation is 1. The molecule has 1 aromatic rings. The van der Waals surface area contributed by atoms with Gasteiger partial charge in [0.25, 0.3) is 0 Å². The zero-order valence-electron chi connectivity index (χ0n) is 10.9. The lowest BCUT2D eigenvalue weighted by Crippen LogP contribution is -2.36. The third-order valence-corrected chi connectivity index (χ3v) is 4.00. The monoisotopic (exact) mass is 276 g/mol. The summed E-state index contributed by atoms with van der Waals surface area (Å²) in [5.41, 5.74) is 0.489. The summed E-state index contributed by atoms with van der Waals surface area (Å²) in [6.07, 6.45) is -1.94. The normalized spacial score (nSPS) is 26.4. The van der Waals surface area contributed by atoms with Crippen molar-refractivity contribution in [3.8, 4) is 0 Å². The van der Waals surface area contributed by atoms with Crippen molar-refractivity contribution in [2.75, 3.05) is 0 Å². The molecule has 1 heterocycles. The lowest BCUT2D eigenvalue weighted by molar-refractivity contribution is -0.207. The molecular formula is C13H19F3N2O. The Morgan fingerprint density at radius 3 is 2.74 bits per heavy atom. The van der Waals surface area contributed by atoms with Gasteiger partial charge in [-0.25, -0.2) is 0 Å². The minimum Gasteiger partial charge on any atom is -0.387 e. The maximum atomic E-state index is 13.0. The summed E-state index contributed by atoms with van der Waals surface area (Å²) in [6.45, 7) is 2.40. The lowest BCUT2D eigenvalue weighted by Gasteiger charge is -2.36. The zero-order valence-corrected chi connectivity index (χ0v) is 10.9. The number of rotatable bonds is 3. The van der Waals surface area contributed by atoms with E-state index in [1.165, 1.54) is 6.20 Å². The van der Waals surface area contributed by atoms with Gasteiger partial charge in [-0.2, -0.15) is 18.3 Å². The maximum absolute atomic E-state index is 13.0. The van der Waals surface area contributed by atoms with Gasteiger partial charge < -0.3 is 5.11 Å². The molecule has 0 saturated heterocycles. The second kappa shape index (κ2) is 5.53. The number of nitrogens with zero attached hydrogens (tertiary/aromatic N) is 2. The zero-order chi connectivity index (χ0) is 14.0. The van der Waals surface area contributed by atoms with Gasteiger partial charge in [0.1, 0.15) is 0 Å². The van der Waals surface area contributed by atoms with Gasteiger partial charge in [-0.05, 0) is 25.8 Å².